The minimum absolute atomic E-state index is 0.537. The molecule has 0 aliphatic heterocycles. The Kier molecular flexibility index (Phi) is 4.15. The maximum absolute atomic E-state index is 6.02. The van der Waals surface area contributed by atoms with Crippen molar-refractivity contribution in [3.63, 3.8) is 0 Å². The SMILES string of the molecule is CSC1CCC(Nc2nccc(C)c2N)CC1. The Morgan fingerprint density at radius 2 is 2.06 bits per heavy atom. The first-order valence-electron chi connectivity index (χ1n) is 6.21. The second-order valence-corrected chi connectivity index (χ2v) is 5.88. The molecule has 1 saturated carbocycles. The molecule has 1 fully saturated rings. The Hall–Kier alpha value is -0.900. The number of thioether (sulfide) groups is 1. The van der Waals surface area contributed by atoms with Crippen LogP contribution in [0.1, 0.15) is 31.2 Å². The van der Waals surface area contributed by atoms with Crippen molar-refractivity contribution in [1.82, 2.24) is 4.98 Å². The molecule has 0 unspecified atom stereocenters. The highest BCUT2D eigenvalue weighted by Gasteiger charge is 2.21. The van der Waals surface area contributed by atoms with Crippen molar-refractivity contribution in [3.8, 4) is 0 Å². The summed E-state index contributed by atoms with van der Waals surface area (Å²) in [7, 11) is 0. The van der Waals surface area contributed by atoms with Gasteiger partial charge in [-0.1, -0.05) is 0 Å². The fourth-order valence-electron chi connectivity index (χ4n) is 2.32. The van der Waals surface area contributed by atoms with Crippen LogP contribution in [0.3, 0.4) is 0 Å². The molecule has 2 rings (SSSR count). The molecule has 3 nitrogen and oxygen atoms in total. The van der Waals surface area contributed by atoms with Crippen molar-refractivity contribution in [3.05, 3.63) is 17.8 Å². The molecule has 1 heterocycles. The molecule has 0 radical (unpaired) electrons. The van der Waals surface area contributed by atoms with E-state index in [0.717, 1.165) is 22.3 Å². The van der Waals surface area contributed by atoms with E-state index in [1.54, 1.807) is 0 Å². The third kappa shape index (κ3) is 3.06. The van der Waals surface area contributed by atoms with Gasteiger partial charge < -0.3 is 11.1 Å². The van der Waals surface area contributed by atoms with Gasteiger partial charge in [0.25, 0.3) is 0 Å². The Bertz CT molecular complexity index is 373. The zero-order valence-electron chi connectivity index (χ0n) is 10.6. The summed E-state index contributed by atoms with van der Waals surface area (Å²) < 4.78 is 0. The van der Waals surface area contributed by atoms with Gasteiger partial charge in [-0.2, -0.15) is 11.8 Å². The number of hydrogen-bond donors (Lipinski definition) is 2. The molecule has 1 aromatic rings. The monoisotopic (exact) mass is 251 g/mol. The molecule has 1 aliphatic rings. The Balaban J connectivity index is 1.95. The predicted molar refractivity (Wildman–Crippen MR) is 76.6 cm³/mol. The van der Waals surface area contributed by atoms with E-state index in [4.69, 9.17) is 5.73 Å². The fourth-order valence-corrected chi connectivity index (χ4v) is 3.06. The first-order valence-corrected chi connectivity index (χ1v) is 7.50. The number of nitrogens with two attached hydrogens (primary N) is 1. The quantitative estimate of drug-likeness (QED) is 0.867. The molecule has 0 aromatic carbocycles. The number of aromatic nitrogens is 1. The molecule has 0 atom stereocenters. The summed E-state index contributed by atoms with van der Waals surface area (Å²) in [6.07, 6.45) is 9.07. The highest BCUT2D eigenvalue weighted by atomic mass is 32.2. The number of aryl methyl sites for hydroxylation is 1. The van der Waals surface area contributed by atoms with Gasteiger partial charge in [-0.25, -0.2) is 4.98 Å². The number of nitrogen functional groups attached to an aromatic ring is 1. The normalized spacial score (nSPS) is 24.6. The first-order chi connectivity index (χ1) is 8.20. The van der Waals surface area contributed by atoms with Gasteiger partial charge in [-0.05, 0) is 50.5 Å². The largest absolute Gasteiger partial charge is 0.396 e. The molecule has 4 heteroatoms. The van der Waals surface area contributed by atoms with Crippen molar-refractivity contribution in [2.75, 3.05) is 17.3 Å². The second-order valence-electron chi connectivity index (χ2n) is 4.74. The van der Waals surface area contributed by atoms with Gasteiger partial charge in [-0.3, -0.25) is 0 Å². The van der Waals surface area contributed by atoms with Crippen LogP contribution in [-0.4, -0.2) is 22.5 Å². The zero-order chi connectivity index (χ0) is 12.3. The smallest absolute Gasteiger partial charge is 0.149 e. The first kappa shape index (κ1) is 12.6. The second kappa shape index (κ2) is 5.63. The van der Waals surface area contributed by atoms with Crippen LogP contribution in [0.2, 0.25) is 0 Å². The Morgan fingerprint density at radius 3 is 2.71 bits per heavy atom. The maximum atomic E-state index is 6.02. The van der Waals surface area contributed by atoms with E-state index >= 15 is 0 Å². The van der Waals surface area contributed by atoms with Crippen LogP contribution in [0, 0.1) is 6.92 Å². The fraction of sp³-hybridized carbons (Fsp3) is 0.615. The van der Waals surface area contributed by atoms with Crippen molar-refractivity contribution in [1.29, 1.82) is 0 Å². The average Bonchev–Trinajstić information content (AvgIpc) is 2.36. The van der Waals surface area contributed by atoms with Crippen LogP contribution in [-0.2, 0) is 0 Å². The van der Waals surface area contributed by atoms with Crippen molar-refractivity contribution < 1.29 is 0 Å². The van der Waals surface area contributed by atoms with E-state index in [1.807, 2.05) is 30.9 Å². The molecule has 0 bridgehead atoms. The average molecular weight is 251 g/mol. The van der Waals surface area contributed by atoms with Crippen LogP contribution >= 0.6 is 11.8 Å². The third-order valence-electron chi connectivity index (χ3n) is 3.56. The topological polar surface area (TPSA) is 50.9 Å². The predicted octanol–water partition coefficient (Wildman–Crippen LogP) is 3.06. The Labute approximate surface area is 108 Å². The van der Waals surface area contributed by atoms with Crippen molar-refractivity contribution >= 4 is 23.3 Å². The molecule has 3 N–H and O–H groups in total. The van der Waals surface area contributed by atoms with Crippen LogP contribution in [0.25, 0.3) is 0 Å². The number of nitrogens with zero attached hydrogens (tertiary/aromatic N) is 1. The lowest BCUT2D eigenvalue weighted by Crippen LogP contribution is -2.27. The van der Waals surface area contributed by atoms with E-state index < -0.39 is 0 Å². The lowest BCUT2D eigenvalue weighted by molar-refractivity contribution is 0.472. The summed E-state index contributed by atoms with van der Waals surface area (Å²) in [5.74, 6) is 0.859. The molecule has 0 amide bonds. The molecular weight excluding hydrogens is 230 g/mol. The van der Waals surface area contributed by atoms with Gasteiger partial charge >= 0.3 is 0 Å². The Morgan fingerprint density at radius 1 is 1.35 bits per heavy atom. The van der Waals surface area contributed by atoms with Gasteiger partial charge in [0.2, 0.25) is 0 Å². The summed E-state index contributed by atoms with van der Waals surface area (Å²) in [6, 6.07) is 2.49. The minimum Gasteiger partial charge on any atom is -0.396 e. The van der Waals surface area contributed by atoms with E-state index in [2.05, 4.69) is 16.6 Å². The number of nitrogens with one attached hydrogen (secondary N) is 1. The molecule has 0 spiro atoms. The van der Waals surface area contributed by atoms with Crippen LogP contribution in [0.4, 0.5) is 11.5 Å². The molecule has 1 aromatic heterocycles. The van der Waals surface area contributed by atoms with Crippen LogP contribution in [0.15, 0.2) is 12.3 Å². The molecule has 1 aliphatic carbocycles. The summed E-state index contributed by atoms with van der Waals surface area (Å²) in [5.41, 5.74) is 7.91. The standard InChI is InChI=1S/C13H21N3S/c1-9-7-8-15-13(12(9)14)16-10-3-5-11(17-2)6-4-10/h7-8,10-11H,3-6,14H2,1-2H3,(H,15,16). The molecule has 94 valence electrons. The highest BCUT2D eigenvalue weighted by Crippen LogP contribution is 2.29. The van der Waals surface area contributed by atoms with E-state index in [9.17, 15) is 0 Å². The van der Waals surface area contributed by atoms with Gasteiger partial charge in [0.1, 0.15) is 5.82 Å². The summed E-state index contributed by atoms with van der Waals surface area (Å²) in [4.78, 5) is 4.33. The summed E-state index contributed by atoms with van der Waals surface area (Å²) in [5, 5.41) is 4.33. The van der Waals surface area contributed by atoms with Gasteiger partial charge in [0.15, 0.2) is 0 Å². The highest BCUT2D eigenvalue weighted by molar-refractivity contribution is 7.99. The molecule has 0 saturated heterocycles. The lowest BCUT2D eigenvalue weighted by Gasteiger charge is -2.28. The van der Waals surface area contributed by atoms with Gasteiger partial charge in [-0.15, -0.1) is 0 Å². The third-order valence-corrected chi connectivity index (χ3v) is 4.69. The van der Waals surface area contributed by atoms with Gasteiger partial charge in [0.05, 0.1) is 5.69 Å². The minimum atomic E-state index is 0.537. The zero-order valence-corrected chi connectivity index (χ0v) is 11.4. The number of hydrogen-bond acceptors (Lipinski definition) is 4. The number of rotatable bonds is 3. The van der Waals surface area contributed by atoms with Crippen molar-refractivity contribution in [2.24, 2.45) is 0 Å². The molecule has 17 heavy (non-hydrogen) atoms. The van der Waals surface area contributed by atoms with Crippen LogP contribution in [0.5, 0.6) is 0 Å². The molecular formula is C13H21N3S. The van der Waals surface area contributed by atoms with E-state index in [1.165, 1.54) is 25.7 Å². The van der Waals surface area contributed by atoms with Crippen LogP contribution < -0.4 is 11.1 Å². The number of anilines is 2. The maximum Gasteiger partial charge on any atom is 0.149 e. The number of pyridine rings is 1. The van der Waals surface area contributed by atoms with Gasteiger partial charge in [0, 0.05) is 17.5 Å². The summed E-state index contributed by atoms with van der Waals surface area (Å²) >= 11 is 1.99. The lowest BCUT2D eigenvalue weighted by atomic mass is 9.95. The summed E-state index contributed by atoms with van der Waals surface area (Å²) in [6.45, 7) is 2.02. The van der Waals surface area contributed by atoms with E-state index in [0.29, 0.717) is 6.04 Å². The van der Waals surface area contributed by atoms with Crippen molar-refractivity contribution in [2.45, 2.75) is 43.9 Å². The van der Waals surface area contributed by atoms with E-state index in [-0.39, 0.29) is 0 Å².